The predicted molar refractivity (Wildman–Crippen MR) is 121 cm³/mol. The molecule has 1 aliphatic heterocycles. The number of hydrogen-bond donors (Lipinski definition) is 1. The molecule has 0 radical (unpaired) electrons. The van der Waals surface area contributed by atoms with Crippen LogP contribution in [0.25, 0.3) is 16.7 Å². The molecular formula is C22H19N9O2. The van der Waals surface area contributed by atoms with Crippen LogP contribution < -0.4 is 15.1 Å². The van der Waals surface area contributed by atoms with Gasteiger partial charge >= 0.3 is 0 Å². The average molecular weight is 441 g/mol. The molecule has 1 aromatic carbocycles. The van der Waals surface area contributed by atoms with Gasteiger partial charge < -0.3 is 10.1 Å². The number of hydroxylamine groups is 1. The fourth-order valence-electron chi connectivity index (χ4n) is 3.63. The Labute approximate surface area is 188 Å². The van der Waals surface area contributed by atoms with E-state index in [0.29, 0.717) is 35.2 Å². The molecule has 33 heavy (non-hydrogen) atoms. The minimum atomic E-state index is 0.502. The van der Waals surface area contributed by atoms with Crippen LogP contribution in [0.3, 0.4) is 0 Å². The van der Waals surface area contributed by atoms with Gasteiger partial charge in [0.2, 0.25) is 0 Å². The number of pyridine rings is 1. The maximum absolute atomic E-state index is 6.06. The maximum Gasteiger partial charge on any atom is 0.250 e. The van der Waals surface area contributed by atoms with E-state index in [2.05, 4.69) is 35.3 Å². The summed E-state index contributed by atoms with van der Waals surface area (Å²) in [5, 5.41) is 9.14. The number of fused-ring (bicyclic) bond motifs is 2. The molecule has 0 unspecified atom stereocenters. The Bertz CT molecular complexity index is 1460. The van der Waals surface area contributed by atoms with Crippen LogP contribution in [0.4, 0.5) is 17.5 Å². The van der Waals surface area contributed by atoms with Crippen molar-refractivity contribution in [1.29, 1.82) is 0 Å². The molecule has 11 nitrogen and oxygen atoms in total. The summed E-state index contributed by atoms with van der Waals surface area (Å²) in [4.78, 5) is 27.4. The lowest BCUT2D eigenvalue weighted by Crippen LogP contribution is -2.19. The van der Waals surface area contributed by atoms with Gasteiger partial charge in [-0.05, 0) is 43.2 Å². The molecule has 11 heteroatoms. The average Bonchev–Trinajstić information content (AvgIpc) is 3.53. The molecule has 0 saturated carbocycles. The molecule has 4 aromatic heterocycles. The highest BCUT2D eigenvalue weighted by Gasteiger charge is 2.18. The van der Waals surface area contributed by atoms with E-state index < -0.39 is 0 Å². The third kappa shape index (κ3) is 3.74. The maximum atomic E-state index is 6.06. The topological polar surface area (TPSA) is 115 Å². The Kier molecular flexibility index (Phi) is 4.65. The van der Waals surface area contributed by atoms with Crippen molar-refractivity contribution < 1.29 is 9.57 Å². The van der Waals surface area contributed by atoms with Crippen molar-refractivity contribution in [3.8, 4) is 11.5 Å². The number of aryl methyl sites for hydroxylation is 1. The zero-order valence-corrected chi connectivity index (χ0v) is 17.7. The Hall–Kier alpha value is -4.38. The van der Waals surface area contributed by atoms with Gasteiger partial charge in [0.05, 0.1) is 19.3 Å². The zero-order valence-electron chi connectivity index (χ0n) is 17.7. The van der Waals surface area contributed by atoms with E-state index in [0.717, 1.165) is 35.6 Å². The quantitative estimate of drug-likeness (QED) is 0.435. The molecule has 0 atom stereocenters. The van der Waals surface area contributed by atoms with Crippen molar-refractivity contribution in [3.05, 3.63) is 60.9 Å². The molecule has 0 spiro atoms. The zero-order chi connectivity index (χ0) is 22.2. The van der Waals surface area contributed by atoms with Crippen LogP contribution >= 0.6 is 0 Å². The van der Waals surface area contributed by atoms with E-state index in [1.165, 1.54) is 12.7 Å². The highest BCUT2D eigenvalue weighted by atomic mass is 16.7. The van der Waals surface area contributed by atoms with Gasteiger partial charge in [0.1, 0.15) is 35.2 Å². The van der Waals surface area contributed by atoms with Gasteiger partial charge in [-0.3, -0.25) is 4.84 Å². The Balaban J connectivity index is 1.26. The van der Waals surface area contributed by atoms with E-state index >= 15 is 0 Å². The summed E-state index contributed by atoms with van der Waals surface area (Å²) in [7, 11) is 0. The molecule has 1 saturated heterocycles. The largest absolute Gasteiger partial charge is 0.457 e. The number of nitrogens with one attached hydrogen (secondary N) is 1. The van der Waals surface area contributed by atoms with Crippen molar-refractivity contribution in [2.75, 3.05) is 23.5 Å². The van der Waals surface area contributed by atoms with Gasteiger partial charge in [-0.25, -0.2) is 34.5 Å². The van der Waals surface area contributed by atoms with Crippen LogP contribution in [0.15, 0.2) is 55.4 Å². The van der Waals surface area contributed by atoms with Gasteiger partial charge in [-0.15, -0.1) is 0 Å². The van der Waals surface area contributed by atoms with Gasteiger partial charge in [-0.2, -0.15) is 5.10 Å². The first-order valence-electron chi connectivity index (χ1n) is 10.5. The number of ether oxygens (including phenoxy) is 1. The smallest absolute Gasteiger partial charge is 0.250 e. The van der Waals surface area contributed by atoms with Crippen LogP contribution in [-0.2, 0) is 4.84 Å². The lowest BCUT2D eigenvalue weighted by molar-refractivity contribution is 0.164. The molecule has 1 aliphatic rings. The van der Waals surface area contributed by atoms with Crippen LogP contribution in [0, 0.1) is 6.92 Å². The van der Waals surface area contributed by atoms with Crippen molar-refractivity contribution in [2.45, 2.75) is 13.3 Å². The molecule has 164 valence electrons. The second-order valence-electron chi connectivity index (χ2n) is 7.55. The molecule has 1 N–H and O–H groups in total. The molecule has 0 aliphatic carbocycles. The fraction of sp³-hybridized carbons (Fsp3) is 0.182. The number of rotatable bonds is 5. The lowest BCUT2D eigenvalue weighted by atomic mass is 10.2. The number of anilines is 3. The minimum absolute atomic E-state index is 0.502. The van der Waals surface area contributed by atoms with Gasteiger partial charge in [0.25, 0.3) is 5.95 Å². The first-order chi connectivity index (χ1) is 16.2. The van der Waals surface area contributed by atoms with Crippen molar-refractivity contribution in [1.82, 2.24) is 34.5 Å². The Morgan fingerprint density at radius 1 is 1.06 bits per heavy atom. The van der Waals surface area contributed by atoms with Crippen LogP contribution in [-0.4, -0.2) is 47.7 Å². The van der Waals surface area contributed by atoms with E-state index in [1.54, 1.807) is 15.8 Å². The second-order valence-corrected chi connectivity index (χ2v) is 7.55. The third-order valence-corrected chi connectivity index (χ3v) is 5.26. The highest BCUT2D eigenvalue weighted by molar-refractivity contribution is 5.87. The monoisotopic (exact) mass is 441 g/mol. The molecule has 0 amide bonds. The molecule has 5 heterocycles. The Morgan fingerprint density at radius 3 is 2.91 bits per heavy atom. The third-order valence-electron chi connectivity index (χ3n) is 5.26. The van der Waals surface area contributed by atoms with Crippen molar-refractivity contribution in [2.24, 2.45) is 0 Å². The Morgan fingerprint density at radius 2 is 2.03 bits per heavy atom. The van der Waals surface area contributed by atoms with E-state index in [1.807, 2.05) is 43.5 Å². The second kappa shape index (κ2) is 7.95. The van der Waals surface area contributed by atoms with E-state index in [-0.39, 0.29) is 0 Å². The number of hydrogen-bond acceptors (Lipinski definition) is 10. The van der Waals surface area contributed by atoms with Crippen LogP contribution in [0.1, 0.15) is 12.0 Å². The normalized spacial score (nSPS) is 13.7. The van der Waals surface area contributed by atoms with Gasteiger partial charge in [0.15, 0.2) is 11.5 Å². The molecular weight excluding hydrogens is 422 g/mol. The van der Waals surface area contributed by atoms with Gasteiger partial charge in [0, 0.05) is 18.0 Å². The van der Waals surface area contributed by atoms with Crippen LogP contribution in [0.5, 0.6) is 11.5 Å². The highest BCUT2D eigenvalue weighted by Crippen LogP contribution is 2.30. The van der Waals surface area contributed by atoms with Crippen molar-refractivity contribution in [3.63, 3.8) is 0 Å². The number of nitrogens with zero attached hydrogens (tertiary/aromatic N) is 8. The molecule has 5 aromatic rings. The number of aromatic nitrogens is 7. The fourth-order valence-corrected chi connectivity index (χ4v) is 3.63. The summed E-state index contributed by atoms with van der Waals surface area (Å²) in [6.45, 7) is 3.41. The molecule has 6 rings (SSSR count). The molecule has 1 fully saturated rings. The summed E-state index contributed by atoms with van der Waals surface area (Å²) in [6.07, 6.45) is 7.43. The standard InChI is InChI=1S/C22H19N9O2/c1-14-9-15(3-4-18(14)33-16-5-7-30-19(10-16)25-13-27-30)28-21-20-17(24-12-26-21)11-23-22(29-20)31-6-2-8-32-31/h3-5,7,9-13H,2,6,8H2,1H3,(H,24,26,28). The SMILES string of the molecule is Cc1cc(Nc2ncnc3cnc(N4CCCO4)nc23)ccc1Oc1ccn2ncnc2c1. The first-order valence-corrected chi connectivity index (χ1v) is 10.5. The van der Waals surface area contributed by atoms with Gasteiger partial charge in [-0.1, -0.05) is 0 Å². The lowest BCUT2D eigenvalue weighted by Gasteiger charge is -2.15. The summed E-state index contributed by atoms with van der Waals surface area (Å²) in [5.74, 6) is 2.53. The predicted octanol–water partition coefficient (Wildman–Crippen LogP) is 3.45. The van der Waals surface area contributed by atoms with Crippen molar-refractivity contribution >= 4 is 34.1 Å². The number of benzene rings is 1. The van der Waals surface area contributed by atoms with E-state index in [9.17, 15) is 0 Å². The summed E-state index contributed by atoms with van der Waals surface area (Å²) in [6, 6.07) is 9.52. The summed E-state index contributed by atoms with van der Waals surface area (Å²) >= 11 is 0. The van der Waals surface area contributed by atoms with E-state index in [4.69, 9.17) is 9.57 Å². The first kappa shape index (κ1) is 19.3. The minimum Gasteiger partial charge on any atom is -0.457 e. The molecule has 0 bridgehead atoms. The summed E-state index contributed by atoms with van der Waals surface area (Å²) < 4.78 is 7.74. The summed E-state index contributed by atoms with van der Waals surface area (Å²) in [5.41, 5.74) is 3.80. The van der Waals surface area contributed by atoms with Crippen LogP contribution in [0.2, 0.25) is 0 Å².